The molecule has 2 fully saturated rings. The average molecular weight is 575 g/mol. The molecule has 0 atom stereocenters. The van der Waals surface area contributed by atoms with Gasteiger partial charge >= 0.3 is 0 Å². The number of halogens is 4. The highest BCUT2D eigenvalue weighted by atomic mass is 35.5. The second-order valence-corrected chi connectivity index (χ2v) is 13.3. The van der Waals surface area contributed by atoms with Crippen LogP contribution in [0.3, 0.4) is 0 Å². The van der Waals surface area contributed by atoms with Gasteiger partial charge in [-0.3, -0.25) is 0 Å². The summed E-state index contributed by atoms with van der Waals surface area (Å²) < 4.78 is 42.7. The van der Waals surface area contributed by atoms with Gasteiger partial charge in [-0.1, -0.05) is 127 Å². The van der Waals surface area contributed by atoms with Crippen molar-refractivity contribution in [3.05, 3.63) is 58.4 Å². The molecule has 4 heteroatoms. The lowest BCUT2D eigenvalue weighted by Crippen LogP contribution is -2.18. The summed E-state index contributed by atoms with van der Waals surface area (Å²) in [5, 5.41) is -0.556. The van der Waals surface area contributed by atoms with E-state index >= 15 is 0 Å². The van der Waals surface area contributed by atoms with Crippen LogP contribution in [0, 0.1) is 35.2 Å². The van der Waals surface area contributed by atoms with Gasteiger partial charge in [0.15, 0.2) is 0 Å². The maximum absolute atomic E-state index is 15.0. The lowest BCUT2D eigenvalue weighted by Gasteiger charge is -2.32. The van der Waals surface area contributed by atoms with Gasteiger partial charge in [0.25, 0.3) is 0 Å². The van der Waals surface area contributed by atoms with Gasteiger partial charge in [0.2, 0.25) is 0 Å². The summed E-state index contributed by atoms with van der Waals surface area (Å²) in [5.41, 5.74) is 1.39. The molecular formula is C36H50ClF3. The molecule has 0 radical (unpaired) electrons. The zero-order valence-electron chi connectivity index (χ0n) is 24.6. The number of rotatable bonds is 14. The van der Waals surface area contributed by atoms with Crippen molar-refractivity contribution in [1.82, 2.24) is 0 Å². The van der Waals surface area contributed by atoms with E-state index in [0.717, 1.165) is 48.3 Å². The topological polar surface area (TPSA) is 0 Å². The molecule has 0 amide bonds. The van der Waals surface area contributed by atoms with Gasteiger partial charge < -0.3 is 0 Å². The van der Waals surface area contributed by atoms with E-state index in [9.17, 15) is 13.2 Å². The maximum Gasteiger partial charge on any atom is 0.145 e. The Balaban J connectivity index is 1.12. The van der Waals surface area contributed by atoms with E-state index in [0.29, 0.717) is 5.92 Å². The molecule has 2 aromatic rings. The van der Waals surface area contributed by atoms with E-state index in [2.05, 4.69) is 6.92 Å². The van der Waals surface area contributed by atoms with E-state index < -0.39 is 22.5 Å². The Morgan fingerprint density at radius 2 is 1.10 bits per heavy atom. The third-order valence-corrected chi connectivity index (χ3v) is 10.4. The number of benzene rings is 2. The highest BCUT2D eigenvalue weighted by Gasteiger charge is 2.26. The summed E-state index contributed by atoms with van der Waals surface area (Å²) in [5.74, 6) is 0.906. The Hall–Kier alpha value is -1.48. The maximum atomic E-state index is 15.0. The Labute approximate surface area is 246 Å². The summed E-state index contributed by atoms with van der Waals surface area (Å²) in [4.78, 5) is 0. The first-order valence-electron chi connectivity index (χ1n) is 16.4. The number of hydrogen-bond acceptors (Lipinski definition) is 0. The fraction of sp³-hybridized carbons (Fsp3) is 0.667. The summed E-state index contributed by atoms with van der Waals surface area (Å²) in [6.07, 6.45) is 25.9. The van der Waals surface area contributed by atoms with Crippen LogP contribution in [0.25, 0.3) is 11.1 Å². The fourth-order valence-electron chi connectivity index (χ4n) is 7.36. The zero-order chi connectivity index (χ0) is 28.3. The predicted octanol–water partition coefficient (Wildman–Crippen LogP) is 12.8. The summed E-state index contributed by atoms with van der Waals surface area (Å²) >= 11 is 5.58. The van der Waals surface area contributed by atoms with Crippen molar-refractivity contribution in [3.8, 4) is 11.1 Å². The van der Waals surface area contributed by atoms with Gasteiger partial charge in [0.1, 0.15) is 22.5 Å². The van der Waals surface area contributed by atoms with Crippen LogP contribution in [0.5, 0.6) is 0 Å². The molecule has 40 heavy (non-hydrogen) atoms. The number of hydrogen-bond donors (Lipinski definition) is 0. The quantitative estimate of drug-likeness (QED) is 0.155. The molecule has 0 nitrogen and oxygen atoms in total. The van der Waals surface area contributed by atoms with Gasteiger partial charge in [0, 0.05) is 5.56 Å². The monoisotopic (exact) mass is 574 g/mol. The lowest BCUT2D eigenvalue weighted by molar-refractivity contribution is 0.222. The molecule has 0 heterocycles. The highest BCUT2D eigenvalue weighted by Crippen LogP contribution is 2.41. The third kappa shape index (κ3) is 9.27. The van der Waals surface area contributed by atoms with Gasteiger partial charge in [0.05, 0.1) is 0 Å². The summed E-state index contributed by atoms with van der Waals surface area (Å²) in [7, 11) is 0. The molecule has 2 saturated carbocycles. The van der Waals surface area contributed by atoms with Crippen LogP contribution in [0.1, 0.15) is 140 Å². The minimum absolute atomic E-state index is 0.175. The van der Waals surface area contributed by atoms with Gasteiger partial charge in [-0.25, -0.2) is 13.2 Å². The third-order valence-electron chi connectivity index (χ3n) is 10.0. The molecule has 0 N–H and O–H groups in total. The normalized spacial score (nSPS) is 23.4. The molecule has 2 aliphatic carbocycles. The Morgan fingerprint density at radius 1 is 0.600 bits per heavy atom. The van der Waals surface area contributed by atoms with Gasteiger partial charge in [-0.05, 0) is 78.7 Å². The van der Waals surface area contributed by atoms with Crippen molar-refractivity contribution < 1.29 is 13.2 Å². The van der Waals surface area contributed by atoms with Crippen molar-refractivity contribution in [2.75, 3.05) is 0 Å². The lowest BCUT2D eigenvalue weighted by atomic mass is 9.74. The van der Waals surface area contributed by atoms with Crippen LogP contribution in [-0.2, 0) is 0 Å². The predicted molar refractivity (Wildman–Crippen MR) is 163 cm³/mol. The summed E-state index contributed by atoms with van der Waals surface area (Å²) in [6.45, 7) is 2.29. The second kappa shape index (κ2) is 16.2. The fourth-order valence-corrected chi connectivity index (χ4v) is 7.47. The van der Waals surface area contributed by atoms with Crippen LogP contribution in [-0.4, -0.2) is 0 Å². The molecule has 222 valence electrons. The van der Waals surface area contributed by atoms with Crippen molar-refractivity contribution in [1.29, 1.82) is 0 Å². The SMILES string of the molecule is CCCCCCCCCC[C@H]1CC[C@H](CC[C@H]2CC[C@H](c3ccc(-c4cc(F)c(Cl)c(F)c4)c(F)c3)CC2)CC1. The average Bonchev–Trinajstić information content (AvgIpc) is 2.97. The largest absolute Gasteiger partial charge is 0.206 e. The molecular weight excluding hydrogens is 525 g/mol. The van der Waals surface area contributed by atoms with E-state index in [4.69, 9.17) is 11.6 Å². The molecule has 4 rings (SSSR count). The molecule has 2 aromatic carbocycles. The van der Waals surface area contributed by atoms with E-state index in [1.165, 1.54) is 109 Å². The second-order valence-electron chi connectivity index (χ2n) is 12.9. The first-order chi connectivity index (χ1) is 19.4. The van der Waals surface area contributed by atoms with Crippen LogP contribution >= 0.6 is 11.6 Å². The molecule has 0 saturated heterocycles. The van der Waals surface area contributed by atoms with Gasteiger partial charge in [-0.2, -0.15) is 0 Å². The molecule has 0 aliphatic heterocycles. The molecule has 0 unspecified atom stereocenters. The van der Waals surface area contributed by atoms with Crippen molar-refractivity contribution in [2.45, 2.75) is 135 Å². The molecule has 0 spiro atoms. The number of unbranched alkanes of at least 4 members (excludes halogenated alkanes) is 7. The smallest absolute Gasteiger partial charge is 0.145 e. The van der Waals surface area contributed by atoms with Crippen LogP contribution in [0.15, 0.2) is 30.3 Å². The Kier molecular flexibility index (Phi) is 12.8. The molecule has 0 bridgehead atoms. The van der Waals surface area contributed by atoms with Crippen LogP contribution < -0.4 is 0 Å². The van der Waals surface area contributed by atoms with Crippen molar-refractivity contribution >= 4 is 11.6 Å². The molecule has 2 aliphatic rings. The Morgan fingerprint density at radius 3 is 1.65 bits per heavy atom. The van der Waals surface area contributed by atoms with E-state index in [1.807, 2.05) is 6.07 Å². The standard InChI is InChI=1S/C36H50ClF3/c1-2-3-4-5-6-7-8-9-10-26-11-13-27(14-12-26)15-16-28-17-19-29(20-18-28)30-21-22-32(33(38)23-30)31-24-34(39)36(37)35(40)25-31/h21-29H,2-20H2,1H3/t26-,27-,28-,29-. The van der Waals surface area contributed by atoms with E-state index in [1.54, 1.807) is 12.1 Å². The van der Waals surface area contributed by atoms with Crippen molar-refractivity contribution in [2.24, 2.45) is 17.8 Å². The minimum Gasteiger partial charge on any atom is -0.206 e. The molecule has 0 aromatic heterocycles. The highest BCUT2D eigenvalue weighted by molar-refractivity contribution is 6.31. The first-order valence-corrected chi connectivity index (χ1v) is 16.8. The Bertz CT molecular complexity index is 1010. The minimum atomic E-state index is -0.870. The summed E-state index contributed by atoms with van der Waals surface area (Å²) in [6, 6.07) is 7.34. The van der Waals surface area contributed by atoms with Crippen LogP contribution in [0.4, 0.5) is 13.2 Å². The van der Waals surface area contributed by atoms with Crippen LogP contribution in [0.2, 0.25) is 5.02 Å². The first kappa shape index (κ1) is 31.5. The van der Waals surface area contributed by atoms with Gasteiger partial charge in [-0.15, -0.1) is 0 Å². The van der Waals surface area contributed by atoms with E-state index in [-0.39, 0.29) is 11.1 Å². The zero-order valence-corrected chi connectivity index (χ0v) is 25.4. The van der Waals surface area contributed by atoms with Crippen molar-refractivity contribution in [3.63, 3.8) is 0 Å².